The third kappa shape index (κ3) is 5.47. The summed E-state index contributed by atoms with van der Waals surface area (Å²) in [7, 11) is 0. The van der Waals surface area contributed by atoms with Crippen LogP contribution < -0.4 is 0 Å². The Hall–Kier alpha value is -3.37. The fourth-order valence-corrected chi connectivity index (χ4v) is 6.25. The third-order valence-corrected chi connectivity index (χ3v) is 8.31. The van der Waals surface area contributed by atoms with E-state index < -0.39 is 47.2 Å². The van der Waals surface area contributed by atoms with Gasteiger partial charge >= 0.3 is 12.4 Å². The Bertz CT molecular complexity index is 1300. The normalized spacial score (nSPS) is 24.2. The van der Waals surface area contributed by atoms with Gasteiger partial charge in [-0.1, -0.05) is 12.1 Å². The molecule has 0 spiro atoms. The molecule has 0 bridgehead atoms. The van der Waals surface area contributed by atoms with Crippen LogP contribution >= 0.6 is 0 Å². The van der Waals surface area contributed by atoms with Crippen molar-refractivity contribution in [3.8, 4) is 0 Å². The van der Waals surface area contributed by atoms with E-state index >= 15 is 0 Å². The van der Waals surface area contributed by atoms with Gasteiger partial charge in [-0.15, -0.1) is 0 Å². The number of fused-ring (bicyclic) bond motifs is 1. The lowest BCUT2D eigenvalue weighted by molar-refractivity contribution is -0.144. The lowest BCUT2D eigenvalue weighted by Gasteiger charge is -2.44. The summed E-state index contributed by atoms with van der Waals surface area (Å²) in [5, 5.41) is 0. The van der Waals surface area contributed by atoms with Crippen LogP contribution in [0.15, 0.2) is 54.2 Å². The molecule has 2 fully saturated rings. The molecule has 0 N–H and O–H groups in total. The number of piperidine rings is 1. The molecule has 11 heteroatoms. The van der Waals surface area contributed by atoms with Crippen LogP contribution in [0.4, 0.5) is 30.7 Å². The highest BCUT2D eigenvalue weighted by atomic mass is 19.4. The number of hydrogen-bond acceptors (Lipinski definition) is 3. The number of halogens is 7. The topological polar surface area (TPSA) is 40.6 Å². The van der Waals surface area contributed by atoms with E-state index in [9.17, 15) is 40.3 Å². The summed E-state index contributed by atoms with van der Waals surface area (Å²) in [5.74, 6) is -2.32. The molecule has 4 nitrogen and oxygen atoms in total. The Balaban J connectivity index is 1.49. The van der Waals surface area contributed by atoms with Crippen LogP contribution in [-0.4, -0.2) is 41.1 Å². The van der Waals surface area contributed by atoms with E-state index in [-0.39, 0.29) is 35.8 Å². The number of hydrogen-bond donors (Lipinski definition) is 0. The maximum Gasteiger partial charge on any atom is 0.416 e. The summed E-state index contributed by atoms with van der Waals surface area (Å²) in [6.07, 6.45) is -6.80. The highest BCUT2D eigenvalue weighted by Gasteiger charge is 2.47. The standard InChI is InChI=1S/C29H27F7N2O2/c1-16(19-10-20(28(31,32)33)12-21(11-19)29(34,35)36)27(40)38-9-8-18-14-37(23-6-7-24(39)13-23)15-25(18)26(38)17-2-4-22(30)5-3-17/h2-5,10-13,16,18,25-26H,6-9,14-15H2,1H3/t16?,18?,25-,26?/m1/s1. The lowest BCUT2D eigenvalue weighted by Crippen LogP contribution is -2.47. The van der Waals surface area contributed by atoms with Crippen LogP contribution in [0.3, 0.4) is 0 Å². The smallest absolute Gasteiger partial charge is 0.374 e. The largest absolute Gasteiger partial charge is 0.416 e. The molecule has 3 unspecified atom stereocenters. The highest BCUT2D eigenvalue weighted by molar-refractivity contribution is 5.92. The van der Waals surface area contributed by atoms with Gasteiger partial charge in [-0.05, 0) is 67.1 Å². The van der Waals surface area contributed by atoms with E-state index in [1.807, 2.05) is 0 Å². The number of ketones is 1. The lowest BCUT2D eigenvalue weighted by atomic mass is 9.78. The molecule has 0 radical (unpaired) electrons. The summed E-state index contributed by atoms with van der Waals surface area (Å²) in [6, 6.07) is 6.31. The van der Waals surface area contributed by atoms with Crippen molar-refractivity contribution in [3.05, 3.63) is 82.3 Å². The second-order valence-electron chi connectivity index (χ2n) is 10.8. The number of nitrogens with zero attached hydrogens (tertiary/aromatic N) is 2. The number of benzene rings is 2. The number of carbonyl (C=O) groups excluding carboxylic acids is 2. The third-order valence-electron chi connectivity index (χ3n) is 8.31. The molecule has 2 aromatic rings. The molecule has 2 aliphatic heterocycles. The quantitative estimate of drug-likeness (QED) is 0.384. The number of alkyl halides is 6. The second kappa shape index (κ2) is 10.2. The van der Waals surface area contributed by atoms with Crippen LogP contribution in [0, 0.1) is 17.7 Å². The van der Waals surface area contributed by atoms with Gasteiger partial charge in [0.1, 0.15) is 5.82 Å². The minimum absolute atomic E-state index is 0.0447. The van der Waals surface area contributed by atoms with Crippen molar-refractivity contribution in [2.45, 2.75) is 50.5 Å². The van der Waals surface area contributed by atoms with Gasteiger partial charge in [-0.3, -0.25) is 9.59 Å². The minimum Gasteiger partial charge on any atom is -0.374 e. The first kappa shape index (κ1) is 28.2. The molecule has 0 aromatic heterocycles. The summed E-state index contributed by atoms with van der Waals surface area (Å²) in [4.78, 5) is 29.3. The Morgan fingerprint density at radius 3 is 2.10 bits per heavy atom. The number of likely N-dealkylation sites (tertiary alicyclic amines) is 2. The van der Waals surface area contributed by atoms with Gasteiger partial charge in [-0.25, -0.2) is 4.39 Å². The summed E-state index contributed by atoms with van der Waals surface area (Å²) < 4.78 is 94.7. The molecular formula is C29H27F7N2O2. The molecular weight excluding hydrogens is 541 g/mol. The second-order valence-corrected chi connectivity index (χ2v) is 10.8. The number of amides is 1. The van der Waals surface area contributed by atoms with Gasteiger partial charge in [-0.2, -0.15) is 26.3 Å². The van der Waals surface area contributed by atoms with E-state index in [4.69, 9.17) is 0 Å². The molecule has 2 aromatic carbocycles. The van der Waals surface area contributed by atoms with Crippen LogP contribution in [0.5, 0.6) is 0 Å². The molecule has 1 aliphatic carbocycles. The zero-order valence-corrected chi connectivity index (χ0v) is 21.5. The molecule has 1 amide bonds. The first-order valence-electron chi connectivity index (χ1n) is 13.1. The van der Waals surface area contributed by atoms with Gasteiger partial charge in [0.15, 0.2) is 5.78 Å². The van der Waals surface area contributed by atoms with Crippen LogP contribution in [0.1, 0.15) is 60.4 Å². The van der Waals surface area contributed by atoms with Crippen LogP contribution in [0.2, 0.25) is 0 Å². The average molecular weight is 569 g/mol. The Morgan fingerprint density at radius 1 is 0.925 bits per heavy atom. The molecule has 4 atom stereocenters. The monoisotopic (exact) mass is 568 g/mol. The zero-order valence-electron chi connectivity index (χ0n) is 21.5. The Labute approximate surface area is 226 Å². The predicted molar refractivity (Wildman–Crippen MR) is 131 cm³/mol. The number of rotatable bonds is 4. The molecule has 40 heavy (non-hydrogen) atoms. The predicted octanol–water partition coefficient (Wildman–Crippen LogP) is 6.74. The number of allylic oxidation sites excluding steroid dienone is 2. The highest BCUT2D eigenvalue weighted by Crippen LogP contribution is 2.47. The van der Waals surface area contributed by atoms with Crippen LogP contribution in [-0.2, 0) is 21.9 Å². The van der Waals surface area contributed by atoms with Crippen molar-refractivity contribution in [1.82, 2.24) is 9.80 Å². The minimum atomic E-state index is -5.03. The molecule has 2 saturated heterocycles. The summed E-state index contributed by atoms with van der Waals surface area (Å²) in [5.41, 5.74) is -1.77. The van der Waals surface area contributed by atoms with Crippen molar-refractivity contribution >= 4 is 11.7 Å². The summed E-state index contributed by atoms with van der Waals surface area (Å²) in [6.45, 7) is 2.73. The summed E-state index contributed by atoms with van der Waals surface area (Å²) >= 11 is 0. The fourth-order valence-electron chi connectivity index (χ4n) is 6.25. The van der Waals surface area contributed by atoms with E-state index in [0.29, 0.717) is 50.0 Å². The van der Waals surface area contributed by atoms with Gasteiger partial charge in [0.2, 0.25) is 5.91 Å². The Kier molecular flexibility index (Phi) is 7.20. The van der Waals surface area contributed by atoms with Gasteiger partial charge < -0.3 is 9.80 Å². The molecule has 5 rings (SSSR count). The van der Waals surface area contributed by atoms with E-state index in [0.717, 1.165) is 5.70 Å². The molecule has 2 heterocycles. The van der Waals surface area contributed by atoms with E-state index in [2.05, 4.69) is 4.90 Å². The van der Waals surface area contributed by atoms with Gasteiger partial charge in [0, 0.05) is 43.7 Å². The first-order chi connectivity index (χ1) is 18.7. The van der Waals surface area contributed by atoms with Gasteiger partial charge in [0.25, 0.3) is 0 Å². The number of carbonyl (C=O) groups is 2. The van der Waals surface area contributed by atoms with E-state index in [1.165, 1.54) is 24.0 Å². The van der Waals surface area contributed by atoms with Gasteiger partial charge in [0.05, 0.1) is 23.1 Å². The fraction of sp³-hybridized carbons (Fsp3) is 0.448. The Morgan fingerprint density at radius 2 is 1.55 bits per heavy atom. The van der Waals surface area contributed by atoms with Crippen LogP contribution in [0.25, 0.3) is 0 Å². The average Bonchev–Trinajstić information content (AvgIpc) is 3.52. The SMILES string of the molecule is CC(C(=O)N1CCC2CN(C3=CC(=O)CC3)C[C@H]2C1c1ccc(F)cc1)c1cc(C(F)(F)F)cc(C(F)(F)F)c1. The van der Waals surface area contributed by atoms with Crippen molar-refractivity contribution in [2.75, 3.05) is 19.6 Å². The zero-order chi connectivity index (χ0) is 29.0. The molecule has 0 saturated carbocycles. The maximum absolute atomic E-state index is 13.9. The molecule has 3 aliphatic rings. The van der Waals surface area contributed by atoms with Crippen molar-refractivity contribution < 1.29 is 40.3 Å². The van der Waals surface area contributed by atoms with Crippen molar-refractivity contribution in [2.24, 2.45) is 11.8 Å². The van der Waals surface area contributed by atoms with E-state index in [1.54, 1.807) is 18.2 Å². The molecule has 214 valence electrons. The maximum atomic E-state index is 13.9. The van der Waals surface area contributed by atoms with Crippen molar-refractivity contribution in [3.63, 3.8) is 0 Å². The van der Waals surface area contributed by atoms with Crippen molar-refractivity contribution in [1.29, 1.82) is 0 Å². The first-order valence-corrected chi connectivity index (χ1v) is 13.1.